The molecule has 4 aromatic rings. The first-order valence-corrected chi connectivity index (χ1v) is 30.9. The second-order valence-electron chi connectivity index (χ2n) is 24.1. The number of aryl methyl sites for hydroxylation is 1. The summed E-state index contributed by atoms with van der Waals surface area (Å²) in [4.78, 5) is 141. The van der Waals surface area contributed by atoms with E-state index in [4.69, 9.17) is 24.9 Å². The van der Waals surface area contributed by atoms with Gasteiger partial charge in [0.2, 0.25) is 23.6 Å². The van der Waals surface area contributed by atoms with Crippen molar-refractivity contribution in [3.05, 3.63) is 91.5 Å². The molecular weight excluding hydrogens is 1180 g/mol. The molecule has 4 aliphatic rings. The van der Waals surface area contributed by atoms with Gasteiger partial charge in [0, 0.05) is 93.0 Å². The molecule has 0 bridgehead atoms. The summed E-state index contributed by atoms with van der Waals surface area (Å²) < 4.78 is 33.5. The number of aromatic nitrogens is 2. The van der Waals surface area contributed by atoms with Crippen molar-refractivity contribution in [2.75, 3.05) is 90.5 Å². The molecule has 4 atom stereocenters. The number of primary amides is 1. The van der Waals surface area contributed by atoms with E-state index >= 15 is 4.39 Å². The number of hydrogen-bond donors (Lipinski definition) is 9. The molecule has 2 aromatic heterocycles. The molecule has 7 amide bonds. The van der Waals surface area contributed by atoms with Crippen molar-refractivity contribution in [1.82, 2.24) is 50.8 Å². The number of pyridine rings is 2. The fourth-order valence-corrected chi connectivity index (χ4v) is 11.9. The van der Waals surface area contributed by atoms with Crippen LogP contribution in [-0.4, -0.2) is 185 Å². The Bertz CT molecular complexity index is 3490. The molecule has 1 fully saturated rings. The van der Waals surface area contributed by atoms with Gasteiger partial charge in [0.1, 0.15) is 36.9 Å². The van der Waals surface area contributed by atoms with Gasteiger partial charge >= 0.3 is 24.1 Å². The molecule has 0 saturated carbocycles. The number of nitrogens with zero attached hydrogens (tertiary/aromatic N) is 5. The van der Waals surface area contributed by atoms with Crippen LogP contribution in [0.25, 0.3) is 22.3 Å². The number of carboxylic acid groups (broad SMARTS) is 1. The molecule has 3 aliphatic heterocycles. The van der Waals surface area contributed by atoms with Crippen LogP contribution < -0.4 is 43.2 Å². The van der Waals surface area contributed by atoms with E-state index < -0.39 is 82.8 Å². The number of aliphatic hydroxyl groups is 1. The number of esters is 1. The van der Waals surface area contributed by atoms with E-state index in [1.54, 1.807) is 62.9 Å². The Morgan fingerprint density at radius 1 is 0.846 bits per heavy atom. The van der Waals surface area contributed by atoms with Crippen LogP contribution in [0.15, 0.2) is 41.2 Å². The molecule has 28 heteroatoms. The van der Waals surface area contributed by atoms with Crippen molar-refractivity contribution in [2.24, 2.45) is 17.6 Å². The molecule has 8 rings (SSSR count). The summed E-state index contributed by atoms with van der Waals surface area (Å²) in [5.41, 5.74) is 7.31. The molecule has 10 N–H and O–H groups in total. The number of anilines is 1. The highest BCUT2D eigenvalue weighted by Gasteiger charge is 2.46. The van der Waals surface area contributed by atoms with Crippen LogP contribution in [0.4, 0.5) is 19.7 Å². The SMILES string of the molecule is CC[C@@]1(O)C(=O)OCc2c1cc1n(c2=O)Cc2c-1nc1cc(F)c(C)c3c1c2[C@@H](NC(=O)OCc1ccc(NC(=O)[C@H](CCCNC(N)=O)NC(=O)[C@@H](NC(=O)CN2CCN(CC(=O)O)CCN(CC(=O)NCCOCCC(=O)C(C)C)CC2)C(C)C)cc1)CC3. The van der Waals surface area contributed by atoms with Crippen LogP contribution in [0.5, 0.6) is 0 Å². The number of alkyl carbamates (subject to hydrolysis) is 1. The number of ketones is 1. The lowest BCUT2D eigenvalue weighted by Crippen LogP contribution is -2.56. The van der Waals surface area contributed by atoms with Crippen molar-refractivity contribution < 1.29 is 72.0 Å². The van der Waals surface area contributed by atoms with Gasteiger partial charge in [0.05, 0.1) is 67.9 Å². The first kappa shape index (κ1) is 68.5. The second kappa shape index (κ2) is 30.6. The summed E-state index contributed by atoms with van der Waals surface area (Å²) in [7, 11) is 0. The van der Waals surface area contributed by atoms with E-state index in [9.17, 15) is 58.2 Å². The molecule has 2 aromatic carbocycles. The molecule has 91 heavy (non-hydrogen) atoms. The molecular formula is C63H83FN12O15. The number of fused-ring (bicyclic) bond motifs is 5. The Morgan fingerprint density at radius 3 is 2.15 bits per heavy atom. The van der Waals surface area contributed by atoms with Gasteiger partial charge in [-0.3, -0.25) is 48.3 Å². The number of carboxylic acids is 1. The molecule has 0 spiro atoms. The molecule has 0 unspecified atom stereocenters. The van der Waals surface area contributed by atoms with Gasteiger partial charge in [-0.15, -0.1) is 0 Å². The fraction of sp³-hybridized carbons (Fsp3) is 0.540. The maximum Gasteiger partial charge on any atom is 0.407 e. The number of Topliss-reactive ketones (excluding diaryl/α,β-unsaturated/α-hetero) is 1. The van der Waals surface area contributed by atoms with Crippen LogP contribution in [0.2, 0.25) is 0 Å². The highest BCUT2D eigenvalue weighted by atomic mass is 19.1. The number of carbonyl (C=O) groups excluding carboxylic acids is 8. The Labute approximate surface area is 525 Å². The largest absolute Gasteiger partial charge is 0.480 e. The number of nitrogens with one attached hydrogen (secondary N) is 6. The third-order valence-corrected chi connectivity index (χ3v) is 17.1. The predicted octanol–water partition coefficient (Wildman–Crippen LogP) is 2.21. The molecule has 0 radical (unpaired) electrons. The van der Waals surface area contributed by atoms with Crippen LogP contribution in [-0.2, 0) is 79.6 Å². The van der Waals surface area contributed by atoms with Gasteiger partial charge < -0.3 is 66.6 Å². The second-order valence-corrected chi connectivity index (χ2v) is 24.1. The lowest BCUT2D eigenvalue weighted by Gasteiger charge is -2.31. The van der Waals surface area contributed by atoms with Crippen molar-refractivity contribution in [3.63, 3.8) is 0 Å². The van der Waals surface area contributed by atoms with Crippen LogP contribution in [0.1, 0.15) is 112 Å². The number of rotatable bonds is 27. The number of benzene rings is 2. The first-order valence-electron chi connectivity index (χ1n) is 30.9. The number of nitrogens with two attached hydrogens (primary N) is 1. The van der Waals surface area contributed by atoms with E-state index in [2.05, 4.69) is 31.9 Å². The molecule has 1 saturated heterocycles. The van der Waals surface area contributed by atoms with Gasteiger partial charge in [0.15, 0.2) is 5.60 Å². The van der Waals surface area contributed by atoms with E-state index in [0.717, 1.165) is 5.56 Å². The van der Waals surface area contributed by atoms with Gasteiger partial charge in [-0.25, -0.2) is 23.8 Å². The highest BCUT2D eigenvalue weighted by molar-refractivity contribution is 5.99. The lowest BCUT2D eigenvalue weighted by molar-refractivity contribution is -0.172. The summed E-state index contributed by atoms with van der Waals surface area (Å²) in [5.74, 6) is -4.88. The van der Waals surface area contributed by atoms with E-state index in [-0.39, 0.29) is 120 Å². The first-order chi connectivity index (χ1) is 43.3. The Kier molecular flexibility index (Phi) is 23.0. The summed E-state index contributed by atoms with van der Waals surface area (Å²) in [6.07, 6.45) is 0.481. The van der Waals surface area contributed by atoms with Crippen molar-refractivity contribution >= 4 is 70.1 Å². The maximum absolute atomic E-state index is 15.5. The summed E-state index contributed by atoms with van der Waals surface area (Å²) in [5, 5.41) is 38.4. The number of aliphatic carboxylic acids is 1. The number of halogens is 1. The number of hydrogen-bond acceptors (Lipinski definition) is 18. The smallest absolute Gasteiger partial charge is 0.407 e. The molecule has 492 valence electrons. The maximum atomic E-state index is 15.5. The number of ether oxygens (including phenoxy) is 3. The zero-order chi connectivity index (χ0) is 65.8. The normalized spacial score (nSPS) is 18.1. The average molecular weight is 1270 g/mol. The fourth-order valence-electron chi connectivity index (χ4n) is 11.9. The number of cyclic esters (lactones) is 1. The standard InChI is InChI=1S/C63H83FN12O15/c1-7-63(88)43-27-48-56-41(29-76(48)59(84)42(43)34-90-60(63)85)54-45(15-14-40-37(6)44(64)28-47(69-56)53(40)54)71-62(87)91-33-38-10-12-39(13-11-38)68-57(82)46(9-8-17-67-61(65)86)70-58(83)55(36(4)5)72-51(79)31-74-20-19-73(21-23-75(24-22-74)32-52(80)81)30-50(78)66-18-26-89-25-16-49(77)35(2)3/h10-13,27-28,35-36,45-46,55,88H,7-9,14-26,29-34H2,1-6H3,(H,66,78)(H,68,82)(H,70,83)(H,71,87)(H,72,79)(H,80,81)(H3,65,67,86)/t45-,46-,55-,63-/m0/s1. The third kappa shape index (κ3) is 16.9. The zero-order valence-corrected chi connectivity index (χ0v) is 52.3. The Morgan fingerprint density at radius 2 is 1.52 bits per heavy atom. The monoisotopic (exact) mass is 1270 g/mol. The minimum atomic E-state index is -2.06. The molecule has 1 aliphatic carbocycles. The quantitative estimate of drug-likeness (QED) is 0.0269. The Hall–Kier alpha value is -8.44. The van der Waals surface area contributed by atoms with Crippen molar-refractivity contribution in [1.29, 1.82) is 0 Å². The number of urea groups is 1. The minimum Gasteiger partial charge on any atom is -0.480 e. The van der Waals surface area contributed by atoms with Gasteiger partial charge in [0.25, 0.3) is 5.56 Å². The van der Waals surface area contributed by atoms with E-state index in [0.29, 0.717) is 102 Å². The van der Waals surface area contributed by atoms with Gasteiger partial charge in [-0.1, -0.05) is 46.8 Å². The Balaban J connectivity index is 0.877. The van der Waals surface area contributed by atoms with Crippen LogP contribution in [0, 0.1) is 24.6 Å². The van der Waals surface area contributed by atoms with Gasteiger partial charge in [-0.05, 0) is 85.4 Å². The predicted molar refractivity (Wildman–Crippen MR) is 329 cm³/mol. The van der Waals surface area contributed by atoms with Crippen LogP contribution in [0.3, 0.4) is 0 Å². The lowest BCUT2D eigenvalue weighted by atomic mass is 9.81. The zero-order valence-electron chi connectivity index (χ0n) is 52.3. The molecule has 5 heterocycles. The highest BCUT2D eigenvalue weighted by Crippen LogP contribution is 2.46. The summed E-state index contributed by atoms with van der Waals surface area (Å²) >= 11 is 0. The number of carbonyl (C=O) groups is 9. The average Bonchev–Trinajstić information content (AvgIpc) is 1.63. The van der Waals surface area contributed by atoms with Crippen molar-refractivity contribution in [3.8, 4) is 11.4 Å². The third-order valence-electron chi connectivity index (χ3n) is 17.1. The topological polar surface area (TPSA) is 365 Å². The summed E-state index contributed by atoms with van der Waals surface area (Å²) in [6, 6.07) is 5.60. The number of amides is 7. The van der Waals surface area contributed by atoms with Crippen molar-refractivity contribution in [2.45, 2.75) is 124 Å². The van der Waals surface area contributed by atoms with Gasteiger partial charge in [-0.2, -0.15) is 0 Å². The van der Waals surface area contributed by atoms with Crippen LogP contribution >= 0.6 is 0 Å². The van der Waals surface area contributed by atoms with E-state index in [1.807, 2.05) is 23.6 Å². The minimum absolute atomic E-state index is 0.00374. The van der Waals surface area contributed by atoms with E-state index in [1.165, 1.54) is 10.6 Å². The summed E-state index contributed by atoms with van der Waals surface area (Å²) in [6.45, 7) is 12.3. The molecule has 27 nitrogen and oxygen atoms in total.